The minimum atomic E-state index is 0.136. The number of oxime groups is 1. The van der Waals surface area contributed by atoms with Crippen molar-refractivity contribution in [3.8, 4) is 0 Å². The first-order valence-corrected chi connectivity index (χ1v) is 5.26. The number of aromatic nitrogens is 2. The molecule has 15 heavy (non-hydrogen) atoms. The van der Waals surface area contributed by atoms with Crippen LogP contribution in [-0.2, 0) is 0 Å². The largest absolute Gasteiger partial charge is 0.409 e. The highest BCUT2D eigenvalue weighted by Crippen LogP contribution is 2.30. The van der Waals surface area contributed by atoms with Crippen LogP contribution in [0.2, 0.25) is 0 Å². The van der Waals surface area contributed by atoms with E-state index in [0.29, 0.717) is 6.04 Å². The number of rotatable bonds is 2. The van der Waals surface area contributed by atoms with Gasteiger partial charge in [0.1, 0.15) is 0 Å². The lowest BCUT2D eigenvalue weighted by molar-refractivity contribution is 0.318. The highest BCUT2D eigenvalue weighted by Gasteiger charge is 2.21. The molecule has 1 fully saturated rings. The Morgan fingerprint density at radius 3 is 2.87 bits per heavy atom. The molecule has 5 nitrogen and oxygen atoms in total. The fourth-order valence-electron chi connectivity index (χ4n) is 2.25. The van der Waals surface area contributed by atoms with E-state index in [1.165, 1.54) is 25.7 Å². The Kier molecular flexibility index (Phi) is 2.62. The maximum atomic E-state index is 8.61. The lowest BCUT2D eigenvalue weighted by Crippen LogP contribution is -2.15. The molecule has 1 aliphatic carbocycles. The molecule has 0 spiro atoms. The second kappa shape index (κ2) is 3.92. The quantitative estimate of drug-likeness (QED) is 0.334. The Bertz CT molecular complexity index is 377. The summed E-state index contributed by atoms with van der Waals surface area (Å²) in [4.78, 5) is 0. The number of nitrogens with two attached hydrogens (primary N) is 1. The first kappa shape index (κ1) is 10.0. The summed E-state index contributed by atoms with van der Waals surface area (Å²) in [6, 6.07) is 0.491. The van der Waals surface area contributed by atoms with E-state index in [4.69, 9.17) is 10.9 Å². The zero-order valence-corrected chi connectivity index (χ0v) is 8.85. The average molecular weight is 208 g/mol. The van der Waals surface area contributed by atoms with E-state index in [9.17, 15) is 0 Å². The van der Waals surface area contributed by atoms with Gasteiger partial charge in [0.15, 0.2) is 5.84 Å². The van der Waals surface area contributed by atoms with E-state index in [1.807, 2.05) is 11.6 Å². The van der Waals surface area contributed by atoms with Crippen LogP contribution in [0.3, 0.4) is 0 Å². The van der Waals surface area contributed by atoms with Gasteiger partial charge in [0, 0.05) is 5.69 Å². The van der Waals surface area contributed by atoms with Gasteiger partial charge in [-0.05, 0) is 19.8 Å². The molecule has 2 rings (SSSR count). The summed E-state index contributed by atoms with van der Waals surface area (Å²) in [6.45, 7) is 1.96. The van der Waals surface area contributed by atoms with Crippen molar-refractivity contribution in [1.82, 2.24) is 9.78 Å². The van der Waals surface area contributed by atoms with Crippen LogP contribution in [0.15, 0.2) is 11.4 Å². The molecule has 1 saturated carbocycles. The average Bonchev–Trinajstić information content (AvgIpc) is 2.85. The molecular weight excluding hydrogens is 192 g/mol. The van der Waals surface area contributed by atoms with Gasteiger partial charge >= 0.3 is 0 Å². The van der Waals surface area contributed by atoms with Crippen LogP contribution in [0.1, 0.15) is 43.0 Å². The van der Waals surface area contributed by atoms with E-state index >= 15 is 0 Å². The standard InChI is InChI=1S/C10H16N4O/c1-7-9(10(11)13-15)6-12-14(7)8-4-2-3-5-8/h6,8,15H,2-5H2,1H3,(H2,11,13). The predicted molar refractivity (Wildman–Crippen MR) is 57.0 cm³/mol. The molecule has 3 N–H and O–H groups in total. The van der Waals surface area contributed by atoms with Gasteiger partial charge in [0.2, 0.25) is 0 Å². The molecule has 0 aliphatic heterocycles. The Hall–Kier alpha value is -1.52. The molecular formula is C10H16N4O. The fraction of sp³-hybridized carbons (Fsp3) is 0.600. The third kappa shape index (κ3) is 1.69. The SMILES string of the molecule is Cc1c(/C(N)=N\O)cnn1C1CCCC1. The first-order valence-electron chi connectivity index (χ1n) is 5.26. The van der Waals surface area contributed by atoms with Gasteiger partial charge in [-0.2, -0.15) is 5.10 Å². The molecule has 0 saturated heterocycles. The van der Waals surface area contributed by atoms with Gasteiger partial charge in [-0.25, -0.2) is 0 Å². The molecule has 1 aromatic heterocycles. The summed E-state index contributed by atoms with van der Waals surface area (Å²) in [5, 5.41) is 15.9. The normalized spacial score (nSPS) is 18.6. The summed E-state index contributed by atoms with van der Waals surface area (Å²) >= 11 is 0. The fourth-order valence-corrected chi connectivity index (χ4v) is 2.25. The molecule has 0 bridgehead atoms. The molecule has 0 unspecified atom stereocenters. The molecule has 0 atom stereocenters. The predicted octanol–water partition coefficient (Wildman–Crippen LogP) is 1.40. The molecule has 5 heteroatoms. The molecule has 1 aliphatic rings. The van der Waals surface area contributed by atoms with Gasteiger partial charge in [0.25, 0.3) is 0 Å². The third-order valence-corrected chi connectivity index (χ3v) is 3.10. The monoisotopic (exact) mass is 208 g/mol. The maximum Gasteiger partial charge on any atom is 0.173 e. The van der Waals surface area contributed by atoms with Crippen LogP contribution in [0, 0.1) is 6.92 Å². The van der Waals surface area contributed by atoms with Gasteiger partial charge in [-0.1, -0.05) is 18.0 Å². The van der Waals surface area contributed by atoms with Crippen LogP contribution in [0.4, 0.5) is 0 Å². The van der Waals surface area contributed by atoms with Crippen molar-refractivity contribution in [3.63, 3.8) is 0 Å². The number of amidine groups is 1. The summed E-state index contributed by atoms with van der Waals surface area (Å²) < 4.78 is 2.00. The summed E-state index contributed by atoms with van der Waals surface area (Å²) in [7, 11) is 0. The van der Waals surface area contributed by atoms with E-state index in [0.717, 1.165) is 11.3 Å². The summed E-state index contributed by atoms with van der Waals surface area (Å²) in [5.74, 6) is 0.136. The molecule has 1 aromatic rings. The van der Waals surface area contributed by atoms with E-state index in [2.05, 4.69) is 10.3 Å². The maximum absolute atomic E-state index is 8.61. The van der Waals surface area contributed by atoms with Crippen molar-refractivity contribution in [2.24, 2.45) is 10.9 Å². The minimum Gasteiger partial charge on any atom is -0.409 e. The lowest BCUT2D eigenvalue weighted by Gasteiger charge is -2.12. The van der Waals surface area contributed by atoms with Crippen molar-refractivity contribution in [3.05, 3.63) is 17.5 Å². The van der Waals surface area contributed by atoms with Crippen LogP contribution in [0.25, 0.3) is 0 Å². The van der Waals surface area contributed by atoms with E-state index in [1.54, 1.807) is 6.20 Å². The van der Waals surface area contributed by atoms with E-state index < -0.39 is 0 Å². The summed E-state index contributed by atoms with van der Waals surface area (Å²) in [6.07, 6.45) is 6.56. The molecule has 82 valence electrons. The van der Waals surface area contributed by atoms with Crippen LogP contribution >= 0.6 is 0 Å². The van der Waals surface area contributed by atoms with Crippen LogP contribution < -0.4 is 5.73 Å². The smallest absolute Gasteiger partial charge is 0.173 e. The number of nitrogens with zero attached hydrogens (tertiary/aromatic N) is 3. The number of hydrogen-bond acceptors (Lipinski definition) is 3. The zero-order valence-electron chi connectivity index (χ0n) is 8.85. The minimum absolute atomic E-state index is 0.136. The molecule has 0 radical (unpaired) electrons. The van der Waals surface area contributed by atoms with Gasteiger partial charge < -0.3 is 10.9 Å². The highest BCUT2D eigenvalue weighted by molar-refractivity contribution is 5.97. The van der Waals surface area contributed by atoms with Crippen molar-refractivity contribution in [2.75, 3.05) is 0 Å². The second-order valence-electron chi connectivity index (χ2n) is 4.01. The first-order chi connectivity index (χ1) is 7.24. The van der Waals surface area contributed by atoms with Crippen LogP contribution in [-0.4, -0.2) is 20.8 Å². The highest BCUT2D eigenvalue weighted by atomic mass is 16.4. The summed E-state index contributed by atoms with van der Waals surface area (Å²) in [5.41, 5.74) is 7.26. The van der Waals surface area contributed by atoms with Crippen molar-refractivity contribution in [1.29, 1.82) is 0 Å². The zero-order chi connectivity index (χ0) is 10.8. The van der Waals surface area contributed by atoms with Crippen LogP contribution in [0.5, 0.6) is 0 Å². The Morgan fingerprint density at radius 1 is 1.60 bits per heavy atom. The van der Waals surface area contributed by atoms with Gasteiger partial charge in [-0.3, -0.25) is 4.68 Å². The molecule has 0 amide bonds. The van der Waals surface area contributed by atoms with Crippen molar-refractivity contribution in [2.45, 2.75) is 38.6 Å². The second-order valence-corrected chi connectivity index (χ2v) is 4.01. The topological polar surface area (TPSA) is 76.4 Å². The van der Waals surface area contributed by atoms with Crippen molar-refractivity contribution >= 4 is 5.84 Å². The van der Waals surface area contributed by atoms with Gasteiger partial charge in [0.05, 0.1) is 17.8 Å². The Balaban J connectivity index is 2.30. The Labute approximate surface area is 88.6 Å². The molecule has 0 aromatic carbocycles. The Morgan fingerprint density at radius 2 is 2.27 bits per heavy atom. The lowest BCUT2D eigenvalue weighted by atomic mass is 10.2. The van der Waals surface area contributed by atoms with Crippen molar-refractivity contribution < 1.29 is 5.21 Å². The van der Waals surface area contributed by atoms with Gasteiger partial charge in [-0.15, -0.1) is 0 Å². The van der Waals surface area contributed by atoms with E-state index in [-0.39, 0.29) is 5.84 Å². The third-order valence-electron chi connectivity index (χ3n) is 3.10. The number of hydrogen-bond donors (Lipinski definition) is 2. The molecule has 1 heterocycles.